The average Bonchev–Trinajstić information content (AvgIpc) is 2.47. The van der Waals surface area contributed by atoms with Crippen LogP contribution in [0.1, 0.15) is 39.2 Å². The first kappa shape index (κ1) is 18.0. The molecular formula is C17H27ClN2O. The molecule has 0 radical (unpaired) electrons. The molecule has 2 rings (SSSR count). The highest BCUT2D eigenvalue weighted by atomic mass is 35.5. The second kappa shape index (κ2) is 7.28. The Morgan fingerprint density at radius 2 is 1.95 bits per heavy atom. The van der Waals surface area contributed by atoms with E-state index in [0.29, 0.717) is 5.92 Å². The summed E-state index contributed by atoms with van der Waals surface area (Å²) in [5, 5.41) is 0. The molecule has 2 N–H and O–H groups in total. The van der Waals surface area contributed by atoms with Crippen LogP contribution < -0.4 is 5.73 Å². The monoisotopic (exact) mass is 310 g/mol. The van der Waals surface area contributed by atoms with Gasteiger partial charge in [0.05, 0.1) is 5.41 Å². The van der Waals surface area contributed by atoms with Crippen molar-refractivity contribution in [2.24, 2.45) is 11.7 Å². The number of carbonyl (C=O) groups is 1. The Morgan fingerprint density at radius 3 is 2.52 bits per heavy atom. The standard InChI is InChI=1S/C17H26N2O.ClH/c1-13(18)14-8-7-11-19(12-14)16(20)17(2,3)15-9-5-4-6-10-15;/h4-6,9-10,13-14H,7-8,11-12,18H2,1-3H3;1H. The van der Waals surface area contributed by atoms with E-state index < -0.39 is 5.41 Å². The van der Waals surface area contributed by atoms with Crippen molar-refractivity contribution in [1.29, 1.82) is 0 Å². The summed E-state index contributed by atoms with van der Waals surface area (Å²) in [6.07, 6.45) is 2.19. The fraction of sp³-hybridized carbons (Fsp3) is 0.588. The number of benzene rings is 1. The Morgan fingerprint density at radius 1 is 1.33 bits per heavy atom. The molecule has 1 aromatic rings. The molecule has 1 aliphatic heterocycles. The highest BCUT2D eigenvalue weighted by molar-refractivity contribution is 5.87. The number of rotatable bonds is 3. The van der Waals surface area contributed by atoms with Crippen molar-refractivity contribution in [3.63, 3.8) is 0 Å². The van der Waals surface area contributed by atoms with Gasteiger partial charge in [0, 0.05) is 19.1 Å². The van der Waals surface area contributed by atoms with Crippen LogP contribution in [0.4, 0.5) is 0 Å². The fourth-order valence-electron chi connectivity index (χ4n) is 3.00. The molecule has 1 aromatic carbocycles. The Bertz CT molecular complexity index is 459. The van der Waals surface area contributed by atoms with E-state index >= 15 is 0 Å². The zero-order valence-corrected chi connectivity index (χ0v) is 14.0. The Labute approximate surface area is 134 Å². The molecule has 2 unspecified atom stereocenters. The van der Waals surface area contributed by atoms with Gasteiger partial charge >= 0.3 is 0 Å². The van der Waals surface area contributed by atoms with E-state index in [1.165, 1.54) is 0 Å². The van der Waals surface area contributed by atoms with Crippen LogP contribution in [0.15, 0.2) is 30.3 Å². The summed E-state index contributed by atoms with van der Waals surface area (Å²) in [6.45, 7) is 7.73. The van der Waals surface area contributed by atoms with Gasteiger partial charge in [-0.05, 0) is 45.1 Å². The van der Waals surface area contributed by atoms with Crippen LogP contribution >= 0.6 is 12.4 Å². The largest absolute Gasteiger partial charge is 0.342 e. The smallest absolute Gasteiger partial charge is 0.232 e. The molecule has 4 heteroatoms. The number of halogens is 1. The van der Waals surface area contributed by atoms with Crippen LogP contribution in [0.3, 0.4) is 0 Å². The van der Waals surface area contributed by atoms with E-state index in [1.54, 1.807) is 0 Å². The van der Waals surface area contributed by atoms with E-state index in [1.807, 2.05) is 56.0 Å². The van der Waals surface area contributed by atoms with Gasteiger partial charge in [0.15, 0.2) is 0 Å². The number of piperidine rings is 1. The van der Waals surface area contributed by atoms with Crippen LogP contribution in [-0.2, 0) is 10.2 Å². The maximum Gasteiger partial charge on any atom is 0.232 e. The average molecular weight is 311 g/mol. The van der Waals surface area contributed by atoms with Gasteiger partial charge < -0.3 is 10.6 Å². The maximum absolute atomic E-state index is 12.9. The predicted octanol–water partition coefficient (Wildman–Crippen LogP) is 2.97. The third-order valence-corrected chi connectivity index (χ3v) is 4.52. The minimum Gasteiger partial charge on any atom is -0.342 e. The summed E-state index contributed by atoms with van der Waals surface area (Å²) in [7, 11) is 0. The normalized spacial score (nSPS) is 20.6. The molecule has 118 valence electrons. The molecule has 0 aromatic heterocycles. The minimum absolute atomic E-state index is 0. The van der Waals surface area contributed by atoms with E-state index in [9.17, 15) is 4.79 Å². The van der Waals surface area contributed by atoms with Crippen LogP contribution in [0, 0.1) is 5.92 Å². The van der Waals surface area contributed by atoms with Crippen molar-refractivity contribution in [2.45, 2.75) is 45.1 Å². The van der Waals surface area contributed by atoms with Gasteiger partial charge in [-0.2, -0.15) is 0 Å². The van der Waals surface area contributed by atoms with Gasteiger partial charge in [-0.25, -0.2) is 0 Å². The molecule has 1 fully saturated rings. The third-order valence-electron chi connectivity index (χ3n) is 4.52. The molecule has 1 saturated heterocycles. The lowest BCUT2D eigenvalue weighted by atomic mass is 9.82. The fourth-order valence-corrected chi connectivity index (χ4v) is 3.00. The van der Waals surface area contributed by atoms with Gasteiger partial charge in [0.1, 0.15) is 0 Å². The van der Waals surface area contributed by atoms with E-state index in [2.05, 4.69) is 0 Å². The number of likely N-dealkylation sites (tertiary alicyclic amines) is 1. The highest BCUT2D eigenvalue weighted by Crippen LogP contribution is 2.28. The van der Waals surface area contributed by atoms with Crippen molar-refractivity contribution < 1.29 is 4.79 Å². The number of hydrogen-bond acceptors (Lipinski definition) is 2. The van der Waals surface area contributed by atoms with Gasteiger partial charge in [-0.3, -0.25) is 4.79 Å². The summed E-state index contributed by atoms with van der Waals surface area (Å²) >= 11 is 0. The second-order valence-electron chi connectivity index (χ2n) is 6.50. The first-order chi connectivity index (χ1) is 9.43. The van der Waals surface area contributed by atoms with Gasteiger partial charge in [0.25, 0.3) is 0 Å². The Kier molecular flexibility index (Phi) is 6.24. The van der Waals surface area contributed by atoms with Crippen molar-refractivity contribution in [2.75, 3.05) is 13.1 Å². The molecular weight excluding hydrogens is 284 g/mol. The van der Waals surface area contributed by atoms with Crippen molar-refractivity contribution in [3.8, 4) is 0 Å². The van der Waals surface area contributed by atoms with Crippen LogP contribution in [0.5, 0.6) is 0 Å². The quantitative estimate of drug-likeness (QED) is 0.933. The predicted molar refractivity (Wildman–Crippen MR) is 89.7 cm³/mol. The minimum atomic E-state index is -0.471. The van der Waals surface area contributed by atoms with E-state index in [4.69, 9.17) is 5.73 Å². The molecule has 2 atom stereocenters. The Balaban J connectivity index is 0.00000220. The van der Waals surface area contributed by atoms with Crippen LogP contribution in [0.2, 0.25) is 0 Å². The second-order valence-corrected chi connectivity index (χ2v) is 6.50. The summed E-state index contributed by atoms with van der Waals surface area (Å²) in [6, 6.07) is 10.2. The van der Waals surface area contributed by atoms with Crippen molar-refractivity contribution in [3.05, 3.63) is 35.9 Å². The number of nitrogens with two attached hydrogens (primary N) is 1. The maximum atomic E-state index is 12.9. The first-order valence-corrected chi connectivity index (χ1v) is 7.53. The lowest BCUT2D eigenvalue weighted by molar-refractivity contribution is -0.138. The molecule has 0 bridgehead atoms. The van der Waals surface area contributed by atoms with Gasteiger partial charge in [0.2, 0.25) is 5.91 Å². The van der Waals surface area contributed by atoms with Crippen molar-refractivity contribution >= 4 is 18.3 Å². The SMILES string of the molecule is CC(N)C1CCCN(C(=O)C(C)(C)c2ccccc2)C1.Cl. The molecule has 3 nitrogen and oxygen atoms in total. The van der Waals surface area contributed by atoms with E-state index in [0.717, 1.165) is 31.5 Å². The first-order valence-electron chi connectivity index (χ1n) is 7.53. The summed E-state index contributed by atoms with van der Waals surface area (Å²) < 4.78 is 0. The molecule has 1 aliphatic rings. The molecule has 1 amide bonds. The zero-order chi connectivity index (χ0) is 14.8. The molecule has 0 saturated carbocycles. The summed E-state index contributed by atoms with van der Waals surface area (Å²) in [4.78, 5) is 14.9. The number of hydrogen-bond donors (Lipinski definition) is 1. The zero-order valence-electron chi connectivity index (χ0n) is 13.2. The van der Waals surface area contributed by atoms with Gasteiger partial charge in [-0.15, -0.1) is 12.4 Å². The third kappa shape index (κ3) is 3.98. The van der Waals surface area contributed by atoms with Crippen molar-refractivity contribution in [1.82, 2.24) is 4.90 Å². The topological polar surface area (TPSA) is 46.3 Å². The van der Waals surface area contributed by atoms with E-state index in [-0.39, 0.29) is 24.4 Å². The van der Waals surface area contributed by atoms with Gasteiger partial charge in [-0.1, -0.05) is 30.3 Å². The lowest BCUT2D eigenvalue weighted by Crippen LogP contribution is -2.50. The summed E-state index contributed by atoms with van der Waals surface area (Å²) in [5.41, 5.74) is 6.62. The number of amides is 1. The molecule has 0 spiro atoms. The highest BCUT2D eigenvalue weighted by Gasteiger charge is 2.36. The lowest BCUT2D eigenvalue weighted by Gasteiger charge is -2.39. The molecule has 0 aliphatic carbocycles. The number of carbonyl (C=O) groups excluding carboxylic acids is 1. The van der Waals surface area contributed by atoms with Crippen LogP contribution in [0.25, 0.3) is 0 Å². The molecule has 1 heterocycles. The van der Waals surface area contributed by atoms with Crippen LogP contribution in [-0.4, -0.2) is 29.9 Å². The summed E-state index contributed by atoms with van der Waals surface area (Å²) in [5.74, 6) is 0.647. The molecule has 21 heavy (non-hydrogen) atoms. The number of nitrogens with zero attached hydrogens (tertiary/aromatic N) is 1. The Hall–Kier alpha value is -1.06.